The van der Waals surface area contributed by atoms with E-state index in [0.717, 1.165) is 31.2 Å². The van der Waals surface area contributed by atoms with Gasteiger partial charge in [-0.2, -0.15) is 0 Å². The van der Waals surface area contributed by atoms with E-state index in [1.165, 1.54) is 5.01 Å². The number of methoxy groups -OCH3 is 1. The number of thiazole rings is 1. The Labute approximate surface area is 124 Å². The molecule has 110 valence electrons. The molecule has 2 aromatic heterocycles. The standard InChI is InChI=1S/C14H22N4OS/c1-11(2)14-17-12(10-20-14)9-18-6-4-16-13(18)8-15-5-7-19-3/h4,6,10-11,15H,5,7-9H2,1-3H3. The molecule has 2 aromatic rings. The number of nitrogens with zero attached hydrogens (tertiary/aromatic N) is 3. The predicted octanol–water partition coefficient (Wildman–Crippen LogP) is 2.25. The van der Waals surface area contributed by atoms with Crippen molar-refractivity contribution in [3.8, 4) is 0 Å². The zero-order valence-corrected chi connectivity index (χ0v) is 13.1. The van der Waals surface area contributed by atoms with Crippen LogP contribution in [0.3, 0.4) is 0 Å². The van der Waals surface area contributed by atoms with E-state index < -0.39 is 0 Å². The Morgan fingerprint density at radius 2 is 2.30 bits per heavy atom. The lowest BCUT2D eigenvalue weighted by Gasteiger charge is -2.07. The molecule has 0 aliphatic heterocycles. The predicted molar refractivity (Wildman–Crippen MR) is 81.1 cm³/mol. The highest BCUT2D eigenvalue weighted by Crippen LogP contribution is 2.19. The average molecular weight is 294 g/mol. The van der Waals surface area contributed by atoms with Gasteiger partial charge in [-0.1, -0.05) is 13.8 Å². The van der Waals surface area contributed by atoms with Gasteiger partial charge in [0.2, 0.25) is 0 Å². The molecule has 1 N–H and O–H groups in total. The molecule has 0 unspecified atom stereocenters. The second-order valence-corrected chi connectivity index (χ2v) is 5.86. The van der Waals surface area contributed by atoms with E-state index in [0.29, 0.717) is 12.5 Å². The van der Waals surface area contributed by atoms with Crippen molar-refractivity contribution in [1.82, 2.24) is 19.9 Å². The van der Waals surface area contributed by atoms with E-state index in [1.54, 1.807) is 18.4 Å². The Hall–Kier alpha value is -1.24. The first-order valence-electron chi connectivity index (χ1n) is 6.84. The lowest BCUT2D eigenvalue weighted by molar-refractivity contribution is 0.199. The Kier molecular flexibility index (Phi) is 5.70. The van der Waals surface area contributed by atoms with E-state index in [4.69, 9.17) is 4.74 Å². The fraction of sp³-hybridized carbons (Fsp3) is 0.571. The third-order valence-electron chi connectivity index (χ3n) is 2.96. The van der Waals surface area contributed by atoms with Gasteiger partial charge in [0.15, 0.2) is 0 Å². The fourth-order valence-electron chi connectivity index (χ4n) is 1.86. The van der Waals surface area contributed by atoms with Crippen molar-refractivity contribution in [2.45, 2.75) is 32.9 Å². The van der Waals surface area contributed by atoms with Crippen molar-refractivity contribution >= 4 is 11.3 Å². The summed E-state index contributed by atoms with van der Waals surface area (Å²) in [4.78, 5) is 9.05. The molecular weight excluding hydrogens is 272 g/mol. The lowest BCUT2D eigenvalue weighted by Crippen LogP contribution is -2.21. The van der Waals surface area contributed by atoms with Crippen molar-refractivity contribution in [2.24, 2.45) is 0 Å². The van der Waals surface area contributed by atoms with Gasteiger partial charge in [0.05, 0.1) is 30.4 Å². The van der Waals surface area contributed by atoms with E-state index >= 15 is 0 Å². The highest BCUT2D eigenvalue weighted by Gasteiger charge is 2.08. The summed E-state index contributed by atoms with van der Waals surface area (Å²) in [6, 6.07) is 0. The van der Waals surface area contributed by atoms with E-state index in [1.807, 2.05) is 12.4 Å². The summed E-state index contributed by atoms with van der Waals surface area (Å²) in [6.07, 6.45) is 3.84. The maximum Gasteiger partial charge on any atom is 0.123 e. The largest absolute Gasteiger partial charge is 0.383 e. The number of ether oxygens (including phenoxy) is 1. The topological polar surface area (TPSA) is 52.0 Å². The van der Waals surface area contributed by atoms with Crippen LogP contribution < -0.4 is 5.32 Å². The first kappa shape index (κ1) is 15.2. The van der Waals surface area contributed by atoms with Gasteiger partial charge in [0, 0.05) is 37.3 Å². The molecule has 5 nitrogen and oxygen atoms in total. The van der Waals surface area contributed by atoms with Crippen LogP contribution in [-0.4, -0.2) is 34.8 Å². The minimum absolute atomic E-state index is 0.492. The van der Waals surface area contributed by atoms with Crippen molar-refractivity contribution < 1.29 is 4.74 Å². The summed E-state index contributed by atoms with van der Waals surface area (Å²) in [5, 5.41) is 6.64. The molecule has 0 aliphatic rings. The molecule has 0 aromatic carbocycles. The zero-order chi connectivity index (χ0) is 14.4. The molecule has 2 rings (SSSR count). The van der Waals surface area contributed by atoms with Crippen LogP contribution in [0.4, 0.5) is 0 Å². The van der Waals surface area contributed by atoms with E-state index in [2.05, 4.69) is 39.1 Å². The number of nitrogens with one attached hydrogen (secondary N) is 1. The van der Waals surface area contributed by atoms with Gasteiger partial charge in [0.1, 0.15) is 5.82 Å². The van der Waals surface area contributed by atoms with Crippen molar-refractivity contribution in [2.75, 3.05) is 20.3 Å². The Morgan fingerprint density at radius 3 is 3.00 bits per heavy atom. The molecule has 20 heavy (non-hydrogen) atoms. The highest BCUT2D eigenvalue weighted by molar-refractivity contribution is 7.09. The molecule has 0 atom stereocenters. The summed E-state index contributed by atoms with van der Waals surface area (Å²) in [6.45, 7) is 7.42. The van der Waals surface area contributed by atoms with Gasteiger partial charge >= 0.3 is 0 Å². The normalized spacial score (nSPS) is 11.4. The maximum absolute atomic E-state index is 5.01. The van der Waals surface area contributed by atoms with E-state index in [-0.39, 0.29) is 0 Å². The van der Waals surface area contributed by atoms with Crippen LogP contribution in [0.2, 0.25) is 0 Å². The van der Waals surface area contributed by atoms with Gasteiger partial charge in [0.25, 0.3) is 0 Å². The summed E-state index contributed by atoms with van der Waals surface area (Å²) in [7, 11) is 1.71. The molecular formula is C14H22N4OS. The third kappa shape index (κ3) is 4.13. The van der Waals surface area contributed by atoms with Gasteiger partial charge in [-0.25, -0.2) is 9.97 Å². The van der Waals surface area contributed by atoms with Crippen LogP contribution in [-0.2, 0) is 17.8 Å². The minimum atomic E-state index is 0.492. The van der Waals surface area contributed by atoms with Crippen LogP contribution in [0.5, 0.6) is 0 Å². The molecule has 0 saturated heterocycles. The molecule has 2 heterocycles. The molecule has 0 fully saturated rings. The van der Waals surface area contributed by atoms with Crippen LogP contribution in [0, 0.1) is 0 Å². The third-order valence-corrected chi connectivity index (χ3v) is 4.16. The van der Waals surface area contributed by atoms with E-state index in [9.17, 15) is 0 Å². The summed E-state index contributed by atoms with van der Waals surface area (Å²) in [5.74, 6) is 1.52. The molecule has 0 bridgehead atoms. The van der Waals surface area contributed by atoms with Gasteiger partial charge in [-0.3, -0.25) is 0 Å². The fourth-order valence-corrected chi connectivity index (χ4v) is 2.69. The minimum Gasteiger partial charge on any atom is -0.383 e. The summed E-state index contributed by atoms with van der Waals surface area (Å²) < 4.78 is 7.15. The smallest absolute Gasteiger partial charge is 0.123 e. The second kappa shape index (κ2) is 7.52. The number of imidazole rings is 1. The number of hydrogen-bond donors (Lipinski definition) is 1. The average Bonchev–Trinajstić information content (AvgIpc) is 3.05. The van der Waals surface area contributed by atoms with Crippen molar-refractivity contribution in [1.29, 1.82) is 0 Å². The molecule has 6 heteroatoms. The highest BCUT2D eigenvalue weighted by atomic mass is 32.1. The maximum atomic E-state index is 5.01. The number of rotatable bonds is 8. The van der Waals surface area contributed by atoms with Gasteiger partial charge < -0.3 is 14.6 Å². The molecule has 0 aliphatic carbocycles. The van der Waals surface area contributed by atoms with Crippen LogP contribution in [0.1, 0.15) is 36.3 Å². The molecule has 0 radical (unpaired) electrons. The Bertz CT molecular complexity index is 521. The van der Waals surface area contributed by atoms with Crippen LogP contribution >= 0.6 is 11.3 Å². The van der Waals surface area contributed by atoms with Crippen molar-refractivity contribution in [3.63, 3.8) is 0 Å². The second-order valence-electron chi connectivity index (χ2n) is 4.97. The monoisotopic (exact) mass is 294 g/mol. The zero-order valence-electron chi connectivity index (χ0n) is 12.3. The SMILES string of the molecule is COCCNCc1nccn1Cc1csc(C(C)C)n1. The van der Waals surface area contributed by atoms with Crippen molar-refractivity contribution in [3.05, 3.63) is 34.3 Å². The van der Waals surface area contributed by atoms with Crippen LogP contribution in [0.25, 0.3) is 0 Å². The molecule has 0 spiro atoms. The van der Waals surface area contributed by atoms with Crippen LogP contribution in [0.15, 0.2) is 17.8 Å². The summed E-state index contributed by atoms with van der Waals surface area (Å²) in [5.41, 5.74) is 1.11. The first-order chi connectivity index (χ1) is 9.70. The number of aromatic nitrogens is 3. The number of hydrogen-bond acceptors (Lipinski definition) is 5. The quantitative estimate of drug-likeness (QED) is 0.759. The summed E-state index contributed by atoms with van der Waals surface area (Å²) >= 11 is 1.73. The van der Waals surface area contributed by atoms with Gasteiger partial charge in [-0.05, 0) is 0 Å². The lowest BCUT2D eigenvalue weighted by atomic mass is 10.2. The Balaban J connectivity index is 1.93. The first-order valence-corrected chi connectivity index (χ1v) is 7.72. The molecule has 0 saturated carbocycles. The van der Waals surface area contributed by atoms with Gasteiger partial charge in [-0.15, -0.1) is 11.3 Å². The Morgan fingerprint density at radius 1 is 1.45 bits per heavy atom. The molecule has 0 amide bonds.